The molecule has 5 aromatic rings. The third-order valence-electron chi connectivity index (χ3n) is 13.7. The van der Waals surface area contributed by atoms with Crippen LogP contribution in [0.15, 0.2) is 127 Å². The zero-order valence-electron chi connectivity index (χ0n) is 34.9. The molecule has 1 spiro atoms. The summed E-state index contributed by atoms with van der Waals surface area (Å²) < 4.78 is 12.1. The minimum Gasteiger partial charge on any atom is -0.508 e. The highest BCUT2D eigenvalue weighted by Gasteiger charge is 2.74. The lowest BCUT2D eigenvalue weighted by Crippen LogP contribution is -2.53. The number of aliphatic hydroxyl groups is 1. The van der Waals surface area contributed by atoms with E-state index in [1.807, 2.05) is 102 Å². The number of cyclic esters (lactones) is 1. The first kappa shape index (κ1) is 40.6. The van der Waals surface area contributed by atoms with E-state index < -0.39 is 58.9 Å². The Morgan fingerprint density at radius 2 is 1.43 bits per heavy atom. The summed E-state index contributed by atoms with van der Waals surface area (Å²) in [6.45, 7) is 2.76. The molecule has 4 fully saturated rings. The van der Waals surface area contributed by atoms with E-state index in [2.05, 4.69) is 27.4 Å². The molecule has 10 rings (SSSR count). The van der Waals surface area contributed by atoms with Crippen molar-refractivity contribution in [3.8, 4) is 17.6 Å². The van der Waals surface area contributed by atoms with Crippen molar-refractivity contribution < 1.29 is 34.1 Å². The summed E-state index contributed by atoms with van der Waals surface area (Å²) in [4.78, 5) is 50.5. The molecule has 63 heavy (non-hydrogen) atoms. The van der Waals surface area contributed by atoms with Gasteiger partial charge >= 0.3 is 5.97 Å². The Balaban J connectivity index is 1.18. The monoisotopic (exact) mass is 842 g/mol. The molecular formula is C52H50N4O7. The molecule has 3 saturated heterocycles. The number of amides is 2. The Hall–Kier alpha value is -6.45. The number of esters is 1. The number of rotatable bonds is 6. The van der Waals surface area contributed by atoms with Crippen LogP contribution in [0.1, 0.15) is 84.5 Å². The number of ether oxygens (including phenoxy) is 2. The molecule has 5 aromatic carbocycles. The van der Waals surface area contributed by atoms with Crippen LogP contribution in [0.5, 0.6) is 5.75 Å². The molecule has 4 N–H and O–H groups in total. The predicted octanol–water partition coefficient (Wildman–Crippen LogP) is 7.58. The van der Waals surface area contributed by atoms with Gasteiger partial charge in [0.15, 0.2) is 0 Å². The zero-order valence-corrected chi connectivity index (χ0v) is 34.9. The van der Waals surface area contributed by atoms with Crippen LogP contribution in [0.2, 0.25) is 0 Å². The normalized spacial score (nSPS) is 26.4. The highest BCUT2D eigenvalue weighted by atomic mass is 16.6. The molecule has 11 nitrogen and oxygen atoms in total. The van der Waals surface area contributed by atoms with E-state index in [-0.39, 0.29) is 5.75 Å². The van der Waals surface area contributed by atoms with Crippen LogP contribution < -0.4 is 15.5 Å². The number of nitrogens with zero attached hydrogens (tertiary/aromatic N) is 2. The molecular weight excluding hydrogens is 793 g/mol. The molecule has 4 heterocycles. The zero-order chi connectivity index (χ0) is 43.1. The fourth-order valence-corrected chi connectivity index (χ4v) is 10.8. The van der Waals surface area contributed by atoms with Crippen LogP contribution in [-0.4, -0.2) is 70.8 Å². The van der Waals surface area contributed by atoms with Gasteiger partial charge in [0.2, 0.25) is 11.8 Å². The molecule has 0 bridgehead atoms. The topological polar surface area (TPSA) is 141 Å². The second-order valence-electron chi connectivity index (χ2n) is 17.4. The van der Waals surface area contributed by atoms with E-state index in [1.165, 1.54) is 0 Å². The molecule has 2 amide bonds. The maximum Gasteiger partial charge on any atom is 0.324 e. The van der Waals surface area contributed by atoms with E-state index in [9.17, 15) is 10.2 Å². The number of fused-ring (bicyclic) bond motifs is 3. The molecule has 0 unspecified atom stereocenters. The number of aromatic hydroxyl groups is 1. The number of nitrogens with one attached hydrogen (secondary N) is 2. The summed E-state index contributed by atoms with van der Waals surface area (Å²) in [5.41, 5.74) is 2.42. The van der Waals surface area contributed by atoms with Crippen molar-refractivity contribution >= 4 is 34.8 Å². The number of benzene rings is 5. The number of carbonyl (C=O) groups excluding carboxylic acids is 3. The minimum atomic E-state index is -1.73. The number of phenolic OH excluding ortho intramolecular Hbond substituents is 1. The van der Waals surface area contributed by atoms with Gasteiger partial charge in [-0.25, -0.2) is 0 Å². The summed E-state index contributed by atoms with van der Waals surface area (Å²) in [6, 6.07) is 36.1. The molecule has 6 atom stereocenters. The van der Waals surface area contributed by atoms with Crippen molar-refractivity contribution in [2.45, 2.75) is 73.8 Å². The van der Waals surface area contributed by atoms with E-state index in [0.717, 1.165) is 55.6 Å². The number of morpholine rings is 2. The van der Waals surface area contributed by atoms with E-state index >= 15 is 14.4 Å². The molecule has 5 aliphatic rings. The van der Waals surface area contributed by atoms with Gasteiger partial charge in [0.25, 0.3) is 0 Å². The lowest BCUT2D eigenvalue weighted by molar-refractivity contribution is -0.177. The summed E-state index contributed by atoms with van der Waals surface area (Å²) in [6.07, 6.45) is 4.22. The van der Waals surface area contributed by atoms with Crippen LogP contribution >= 0.6 is 0 Å². The number of carbonyl (C=O) groups is 3. The standard InChI is InChI=1S/C52H50N4O7/c57-40-22-16-37(17-23-40)47-52(41-33-34(15-24-42(41)54-50(52)60)25-28-51(61)26-9-1-2-10-27-51)43(48(58)53-38-18-20-39(21-19-38)55-29-31-62-32-30-55)45-49(59)63-46(36-13-7-4-8-14-36)44(56(45)47)35-11-5-3-6-12-35/h3-8,11-24,33,43-47,57,61H,1-2,9-10,26-27,29-32H2,(H,53,58)(H,54,60)/t43-,44-,45-,46+,47+,52-/m1/s1. The maximum absolute atomic E-state index is 15.6. The Labute approximate surface area is 367 Å². The first-order valence-corrected chi connectivity index (χ1v) is 22.1. The van der Waals surface area contributed by atoms with Gasteiger partial charge in [-0.15, -0.1) is 0 Å². The van der Waals surface area contributed by atoms with Gasteiger partial charge in [0.1, 0.15) is 28.9 Å². The van der Waals surface area contributed by atoms with Crippen molar-refractivity contribution in [2.75, 3.05) is 41.8 Å². The van der Waals surface area contributed by atoms with Crippen molar-refractivity contribution in [2.24, 2.45) is 5.92 Å². The van der Waals surface area contributed by atoms with Gasteiger partial charge in [-0.2, -0.15) is 0 Å². The van der Waals surface area contributed by atoms with Crippen LogP contribution in [0.25, 0.3) is 0 Å². The lowest BCUT2D eigenvalue weighted by Gasteiger charge is -2.46. The molecule has 4 aliphatic heterocycles. The molecule has 0 radical (unpaired) electrons. The van der Waals surface area contributed by atoms with Crippen molar-refractivity contribution in [3.63, 3.8) is 0 Å². The first-order valence-electron chi connectivity index (χ1n) is 22.1. The highest BCUT2D eigenvalue weighted by molar-refractivity contribution is 6.13. The summed E-state index contributed by atoms with van der Waals surface area (Å²) in [7, 11) is 0. The molecule has 1 aliphatic carbocycles. The largest absolute Gasteiger partial charge is 0.508 e. The van der Waals surface area contributed by atoms with Gasteiger partial charge in [-0.3, -0.25) is 19.3 Å². The second kappa shape index (κ2) is 16.7. The van der Waals surface area contributed by atoms with Crippen LogP contribution in [-0.2, 0) is 29.3 Å². The third kappa shape index (κ3) is 7.32. The van der Waals surface area contributed by atoms with Crippen molar-refractivity contribution in [1.29, 1.82) is 0 Å². The predicted molar refractivity (Wildman–Crippen MR) is 239 cm³/mol. The third-order valence-corrected chi connectivity index (χ3v) is 13.7. The van der Waals surface area contributed by atoms with E-state index in [0.29, 0.717) is 54.1 Å². The average Bonchev–Trinajstić information content (AvgIpc) is 3.68. The van der Waals surface area contributed by atoms with Gasteiger partial charge in [-0.05, 0) is 103 Å². The summed E-state index contributed by atoms with van der Waals surface area (Å²) in [5.74, 6) is 3.53. The van der Waals surface area contributed by atoms with Crippen molar-refractivity contribution in [1.82, 2.24) is 4.90 Å². The minimum absolute atomic E-state index is 0.0299. The molecule has 11 heteroatoms. The summed E-state index contributed by atoms with van der Waals surface area (Å²) >= 11 is 0. The number of anilines is 3. The second-order valence-corrected chi connectivity index (χ2v) is 17.4. The van der Waals surface area contributed by atoms with Crippen LogP contribution in [0.4, 0.5) is 17.1 Å². The Morgan fingerprint density at radius 1 is 0.762 bits per heavy atom. The highest BCUT2D eigenvalue weighted by Crippen LogP contribution is 2.65. The first-order chi connectivity index (χ1) is 30.7. The van der Waals surface area contributed by atoms with Gasteiger partial charge in [0.05, 0.1) is 31.2 Å². The maximum atomic E-state index is 15.6. The lowest BCUT2D eigenvalue weighted by atomic mass is 9.65. The SMILES string of the molecule is O=C1O[C@@H](c2ccccc2)[C@@H](c2ccccc2)N2[C@@H](c3ccc(O)cc3)[C@]3(C(=O)Nc4ccc(C#CC5(O)CCCCCC5)cc43)[C@@H](C(=O)Nc3ccc(N4CCOCC4)cc3)[C@H]12. The molecule has 0 aromatic heterocycles. The average molecular weight is 843 g/mol. The summed E-state index contributed by atoms with van der Waals surface area (Å²) in [5, 5.41) is 28.5. The quantitative estimate of drug-likeness (QED) is 0.0774. The fourth-order valence-electron chi connectivity index (χ4n) is 10.8. The van der Waals surface area contributed by atoms with Crippen LogP contribution in [0.3, 0.4) is 0 Å². The Kier molecular flexibility index (Phi) is 10.8. The molecule has 320 valence electrons. The van der Waals surface area contributed by atoms with Crippen molar-refractivity contribution in [3.05, 3.63) is 155 Å². The fraction of sp³-hybridized carbons (Fsp3) is 0.327. The van der Waals surface area contributed by atoms with Gasteiger partial charge in [-0.1, -0.05) is 97.5 Å². The van der Waals surface area contributed by atoms with E-state index in [1.54, 1.807) is 30.3 Å². The smallest absolute Gasteiger partial charge is 0.324 e. The molecule has 1 saturated carbocycles. The number of phenols is 1. The van der Waals surface area contributed by atoms with E-state index in [4.69, 9.17) is 9.47 Å². The van der Waals surface area contributed by atoms with Crippen LogP contribution in [0, 0.1) is 17.8 Å². The number of hydrogen-bond acceptors (Lipinski definition) is 9. The van der Waals surface area contributed by atoms with Gasteiger partial charge < -0.3 is 35.2 Å². The Morgan fingerprint density at radius 3 is 2.11 bits per heavy atom. The Bertz CT molecular complexity index is 2560. The number of hydrogen-bond donors (Lipinski definition) is 4. The van der Waals surface area contributed by atoms with Gasteiger partial charge in [0, 0.05) is 35.7 Å².